The number of carbonyl (C=O) groups is 2. The number of aromatic nitrogens is 1. The first-order valence-corrected chi connectivity index (χ1v) is 10.7. The molecule has 3 aromatic rings. The molecule has 1 atom stereocenters. The van der Waals surface area contributed by atoms with E-state index in [0.29, 0.717) is 31.7 Å². The number of ketones is 1. The van der Waals surface area contributed by atoms with E-state index in [1.54, 1.807) is 11.1 Å². The fourth-order valence-electron chi connectivity index (χ4n) is 3.70. The standard InChI is InChI=1S/C25H23ClN2O3/c26-25(23(29)13-12-20-8-4-5-15-27-20)14-16-28(24(25)30)18-19-7-6-11-22(17-19)31-21-9-2-1-3-10-21/h1-11,15,17H,12-14,16,18H2. The van der Waals surface area contributed by atoms with E-state index >= 15 is 0 Å². The number of alkyl halides is 1. The highest BCUT2D eigenvalue weighted by Crippen LogP contribution is 2.33. The Morgan fingerprint density at radius 3 is 2.58 bits per heavy atom. The molecule has 31 heavy (non-hydrogen) atoms. The number of hydrogen-bond donors (Lipinski definition) is 0. The molecule has 0 spiro atoms. The van der Waals surface area contributed by atoms with E-state index in [9.17, 15) is 9.59 Å². The largest absolute Gasteiger partial charge is 0.457 e. The lowest BCUT2D eigenvalue weighted by molar-refractivity contribution is -0.135. The number of hydrogen-bond acceptors (Lipinski definition) is 4. The molecule has 0 N–H and O–H groups in total. The van der Waals surface area contributed by atoms with E-state index in [1.165, 1.54) is 0 Å². The van der Waals surface area contributed by atoms with Gasteiger partial charge < -0.3 is 9.64 Å². The van der Waals surface area contributed by atoms with Crippen LogP contribution in [0.4, 0.5) is 0 Å². The summed E-state index contributed by atoms with van der Waals surface area (Å²) in [6.45, 7) is 0.828. The molecule has 0 bridgehead atoms. The molecule has 0 aliphatic carbocycles. The normalized spacial score (nSPS) is 18.2. The van der Waals surface area contributed by atoms with Crippen LogP contribution in [0, 0.1) is 0 Å². The van der Waals surface area contributed by atoms with Gasteiger partial charge in [-0.15, -0.1) is 0 Å². The van der Waals surface area contributed by atoms with Crippen molar-refractivity contribution in [3.63, 3.8) is 0 Å². The number of halogens is 1. The number of nitrogens with zero attached hydrogens (tertiary/aromatic N) is 2. The van der Waals surface area contributed by atoms with Crippen molar-refractivity contribution in [2.75, 3.05) is 6.54 Å². The number of likely N-dealkylation sites (tertiary alicyclic amines) is 1. The summed E-state index contributed by atoms with van der Waals surface area (Å²) in [6.07, 6.45) is 2.67. The number of pyridine rings is 1. The first kappa shape index (κ1) is 21.1. The Morgan fingerprint density at radius 2 is 1.81 bits per heavy atom. The van der Waals surface area contributed by atoms with Crippen molar-refractivity contribution in [3.8, 4) is 11.5 Å². The highest BCUT2D eigenvalue weighted by molar-refractivity contribution is 6.47. The lowest BCUT2D eigenvalue weighted by Crippen LogP contribution is -2.42. The molecule has 2 aromatic carbocycles. The molecule has 2 heterocycles. The van der Waals surface area contributed by atoms with Gasteiger partial charge in [-0.25, -0.2) is 0 Å². The lowest BCUT2D eigenvalue weighted by atomic mass is 9.97. The summed E-state index contributed by atoms with van der Waals surface area (Å²) in [5.74, 6) is 0.872. The molecule has 6 heteroatoms. The molecule has 158 valence electrons. The third-order valence-electron chi connectivity index (χ3n) is 5.38. The average molecular weight is 435 g/mol. The first-order chi connectivity index (χ1) is 15.0. The second kappa shape index (κ2) is 9.31. The quantitative estimate of drug-likeness (QED) is 0.378. The monoisotopic (exact) mass is 434 g/mol. The predicted octanol–water partition coefficient (Wildman–Crippen LogP) is 4.79. The van der Waals surface area contributed by atoms with Crippen LogP contribution in [0.25, 0.3) is 0 Å². The molecule has 1 unspecified atom stereocenters. The second-order valence-corrected chi connectivity index (χ2v) is 8.23. The van der Waals surface area contributed by atoms with E-state index in [1.807, 2.05) is 72.8 Å². The van der Waals surface area contributed by atoms with E-state index in [0.717, 1.165) is 17.0 Å². The molecule has 0 radical (unpaired) electrons. The molecule has 5 nitrogen and oxygen atoms in total. The Balaban J connectivity index is 1.38. The van der Waals surface area contributed by atoms with Crippen molar-refractivity contribution in [3.05, 3.63) is 90.3 Å². The van der Waals surface area contributed by atoms with E-state index in [-0.39, 0.29) is 18.1 Å². The van der Waals surface area contributed by atoms with Gasteiger partial charge in [-0.1, -0.05) is 48.0 Å². The zero-order chi connectivity index (χ0) is 21.7. The van der Waals surface area contributed by atoms with Crippen molar-refractivity contribution in [1.29, 1.82) is 0 Å². The van der Waals surface area contributed by atoms with Gasteiger partial charge in [0.05, 0.1) is 0 Å². The Hall–Kier alpha value is -3.18. The molecule has 0 saturated carbocycles. The maximum absolute atomic E-state index is 13.0. The van der Waals surface area contributed by atoms with Crippen LogP contribution in [0.2, 0.25) is 0 Å². The third-order valence-corrected chi connectivity index (χ3v) is 5.94. The summed E-state index contributed by atoms with van der Waals surface area (Å²) in [5, 5.41) is 0. The number of amides is 1. The molecule has 1 aliphatic heterocycles. The van der Waals surface area contributed by atoms with Crippen molar-refractivity contribution < 1.29 is 14.3 Å². The summed E-state index contributed by atoms with van der Waals surface area (Å²) >= 11 is 6.55. The van der Waals surface area contributed by atoms with Crippen molar-refractivity contribution >= 4 is 23.3 Å². The van der Waals surface area contributed by atoms with Gasteiger partial charge in [-0.2, -0.15) is 0 Å². The lowest BCUT2D eigenvalue weighted by Gasteiger charge is -2.21. The third kappa shape index (κ3) is 4.94. The zero-order valence-corrected chi connectivity index (χ0v) is 17.8. The maximum atomic E-state index is 13.0. The minimum absolute atomic E-state index is 0.195. The van der Waals surface area contributed by atoms with Gasteiger partial charge in [0.2, 0.25) is 0 Å². The van der Waals surface area contributed by atoms with Crippen LogP contribution in [-0.4, -0.2) is 33.0 Å². The molecule has 1 aliphatic rings. The van der Waals surface area contributed by atoms with Gasteiger partial charge in [-0.05, 0) is 48.4 Å². The van der Waals surface area contributed by atoms with Gasteiger partial charge in [0.1, 0.15) is 11.5 Å². The summed E-state index contributed by atoms with van der Waals surface area (Å²) in [7, 11) is 0. The van der Waals surface area contributed by atoms with Gasteiger partial charge >= 0.3 is 0 Å². The highest BCUT2D eigenvalue weighted by Gasteiger charge is 2.50. The Bertz CT molecular complexity index is 1060. The SMILES string of the molecule is O=C(CCc1ccccn1)C1(Cl)CCN(Cc2cccc(Oc3ccccc3)c2)C1=O. The number of carbonyl (C=O) groups excluding carboxylic acids is 2. The fraction of sp³-hybridized carbons (Fsp3) is 0.240. The van der Waals surface area contributed by atoms with Crippen LogP contribution < -0.4 is 4.74 Å². The minimum atomic E-state index is -1.48. The minimum Gasteiger partial charge on any atom is -0.457 e. The summed E-state index contributed by atoms with van der Waals surface area (Å²) < 4.78 is 5.87. The summed E-state index contributed by atoms with van der Waals surface area (Å²) in [5.41, 5.74) is 1.73. The topological polar surface area (TPSA) is 59.5 Å². The molecule has 1 aromatic heterocycles. The van der Waals surface area contributed by atoms with E-state index < -0.39 is 4.87 Å². The number of ether oxygens (including phenoxy) is 1. The first-order valence-electron chi connectivity index (χ1n) is 10.3. The molecule has 1 fully saturated rings. The van der Waals surface area contributed by atoms with Crippen LogP contribution in [0.15, 0.2) is 79.0 Å². The highest BCUT2D eigenvalue weighted by atomic mass is 35.5. The maximum Gasteiger partial charge on any atom is 0.251 e. The number of aryl methyl sites for hydroxylation is 1. The van der Waals surface area contributed by atoms with Gasteiger partial charge in [-0.3, -0.25) is 14.6 Å². The van der Waals surface area contributed by atoms with Crippen molar-refractivity contribution in [2.24, 2.45) is 0 Å². The molecule has 1 saturated heterocycles. The Morgan fingerprint density at radius 1 is 1.03 bits per heavy atom. The Kier molecular flexibility index (Phi) is 6.33. The fourth-order valence-corrected chi connectivity index (χ4v) is 3.99. The van der Waals surface area contributed by atoms with E-state index in [4.69, 9.17) is 16.3 Å². The predicted molar refractivity (Wildman–Crippen MR) is 119 cm³/mol. The zero-order valence-electron chi connectivity index (χ0n) is 17.0. The smallest absolute Gasteiger partial charge is 0.251 e. The van der Waals surface area contributed by atoms with Crippen molar-refractivity contribution in [1.82, 2.24) is 9.88 Å². The molecular weight excluding hydrogens is 412 g/mol. The number of rotatable bonds is 8. The van der Waals surface area contributed by atoms with Crippen LogP contribution in [-0.2, 0) is 22.6 Å². The number of Topliss-reactive ketones (excluding diaryl/α,β-unsaturated/α-hetero) is 1. The van der Waals surface area contributed by atoms with Crippen LogP contribution in [0.1, 0.15) is 24.1 Å². The molecule has 4 rings (SSSR count). The van der Waals surface area contributed by atoms with Crippen molar-refractivity contribution in [2.45, 2.75) is 30.7 Å². The van der Waals surface area contributed by atoms with E-state index in [2.05, 4.69) is 4.98 Å². The Labute approximate surface area is 186 Å². The number of benzene rings is 2. The number of para-hydroxylation sites is 1. The van der Waals surface area contributed by atoms with Crippen LogP contribution >= 0.6 is 11.6 Å². The second-order valence-electron chi connectivity index (χ2n) is 7.58. The molecular formula is C25H23ClN2O3. The summed E-state index contributed by atoms with van der Waals surface area (Å²) in [4.78, 5) is 30.2. The molecule has 1 amide bonds. The van der Waals surface area contributed by atoms with Gasteiger partial charge in [0, 0.05) is 37.8 Å². The average Bonchev–Trinajstić information content (AvgIpc) is 3.09. The van der Waals surface area contributed by atoms with Crippen LogP contribution in [0.5, 0.6) is 11.5 Å². The summed E-state index contributed by atoms with van der Waals surface area (Å²) in [6, 6.07) is 22.7. The van der Waals surface area contributed by atoms with Gasteiger partial charge in [0.15, 0.2) is 10.7 Å². The van der Waals surface area contributed by atoms with Crippen LogP contribution in [0.3, 0.4) is 0 Å². The van der Waals surface area contributed by atoms with Gasteiger partial charge in [0.25, 0.3) is 5.91 Å².